The van der Waals surface area contributed by atoms with Gasteiger partial charge >= 0.3 is 12.0 Å². The van der Waals surface area contributed by atoms with Gasteiger partial charge in [0, 0.05) is 17.6 Å². The number of esters is 1. The Kier molecular flexibility index (Phi) is 6.12. The summed E-state index contributed by atoms with van der Waals surface area (Å²) in [6.07, 6.45) is 3.46. The van der Waals surface area contributed by atoms with Crippen LogP contribution in [0.1, 0.15) is 36.5 Å². The summed E-state index contributed by atoms with van der Waals surface area (Å²) in [5.41, 5.74) is 0.457. The first kappa shape index (κ1) is 19.4. The molecule has 1 unspecified atom stereocenters. The fraction of sp³-hybridized carbons (Fsp3) is 0.412. The van der Waals surface area contributed by atoms with Crippen molar-refractivity contribution in [2.75, 3.05) is 29.2 Å². The number of anilines is 3. The van der Waals surface area contributed by atoms with Gasteiger partial charge in [-0.15, -0.1) is 10.2 Å². The van der Waals surface area contributed by atoms with Gasteiger partial charge in [-0.05, 0) is 44.4 Å². The third kappa shape index (κ3) is 4.67. The number of rotatable bonds is 4. The van der Waals surface area contributed by atoms with E-state index >= 15 is 0 Å². The Bertz CT molecular complexity index is 844. The fourth-order valence-electron chi connectivity index (χ4n) is 2.92. The highest BCUT2D eigenvalue weighted by Crippen LogP contribution is 2.30. The summed E-state index contributed by atoms with van der Waals surface area (Å²) in [6.45, 7) is 3.10. The minimum Gasteiger partial charge on any atom is -0.465 e. The molecule has 0 saturated carbocycles. The maximum Gasteiger partial charge on any atom is 0.339 e. The minimum absolute atomic E-state index is 0.206. The van der Waals surface area contributed by atoms with Gasteiger partial charge < -0.3 is 15.0 Å². The summed E-state index contributed by atoms with van der Waals surface area (Å²) in [4.78, 5) is 26.4. The molecule has 1 fully saturated rings. The molecule has 0 aliphatic carbocycles. The van der Waals surface area contributed by atoms with Crippen LogP contribution in [0.5, 0.6) is 0 Å². The SMILES string of the molecule is COC(=O)c1ccc(Cl)cc1NC(=O)Nc1nnc(N2CCCCC2C)s1. The Morgan fingerprint density at radius 2 is 2.11 bits per heavy atom. The van der Waals surface area contributed by atoms with E-state index in [-0.39, 0.29) is 11.3 Å². The number of hydrogen-bond donors (Lipinski definition) is 2. The highest BCUT2D eigenvalue weighted by atomic mass is 35.5. The number of benzene rings is 1. The van der Waals surface area contributed by atoms with E-state index in [0.29, 0.717) is 16.2 Å². The van der Waals surface area contributed by atoms with Crippen LogP contribution < -0.4 is 15.5 Å². The molecule has 0 bridgehead atoms. The van der Waals surface area contributed by atoms with Crippen molar-refractivity contribution < 1.29 is 14.3 Å². The first-order valence-corrected chi connectivity index (χ1v) is 9.73. The summed E-state index contributed by atoms with van der Waals surface area (Å²) in [5.74, 6) is -0.570. The zero-order chi connectivity index (χ0) is 19.4. The van der Waals surface area contributed by atoms with Gasteiger partial charge in [-0.1, -0.05) is 22.9 Å². The van der Waals surface area contributed by atoms with Gasteiger partial charge in [0.2, 0.25) is 10.3 Å². The predicted molar refractivity (Wildman–Crippen MR) is 106 cm³/mol. The van der Waals surface area contributed by atoms with E-state index in [1.54, 1.807) is 6.07 Å². The first-order valence-electron chi connectivity index (χ1n) is 8.54. The average molecular weight is 410 g/mol. The van der Waals surface area contributed by atoms with Crippen LogP contribution in [0.25, 0.3) is 0 Å². The van der Waals surface area contributed by atoms with Gasteiger partial charge in [0.1, 0.15) is 0 Å². The lowest BCUT2D eigenvalue weighted by molar-refractivity contribution is 0.0602. The Balaban J connectivity index is 1.68. The Labute approximate surface area is 165 Å². The topological polar surface area (TPSA) is 96.4 Å². The van der Waals surface area contributed by atoms with Crippen LogP contribution in [0.4, 0.5) is 20.7 Å². The van der Waals surface area contributed by atoms with E-state index < -0.39 is 12.0 Å². The molecule has 1 atom stereocenters. The van der Waals surface area contributed by atoms with E-state index in [0.717, 1.165) is 24.5 Å². The Hall–Kier alpha value is -2.39. The number of nitrogens with zero attached hydrogens (tertiary/aromatic N) is 3. The van der Waals surface area contributed by atoms with Gasteiger partial charge in [-0.3, -0.25) is 5.32 Å². The molecule has 10 heteroatoms. The first-order chi connectivity index (χ1) is 13.0. The smallest absolute Gasteiger partial charge is 0.339 e. The molecule has 1 aliphatic heterocycles. The summed E-state index contributed by atoms with van der Waals surface area (Å²) < 4.78 is 4.72. The zero-order valence-corrected chi connectivity index (χ0v) is 16.6. The van der Waals surface area contributed by atoms with Crippen LogP contribution in [0.2, 0.25) is 5.02 Å². The molecule has 2 aromatic rings. The van der Waals surface area contributed by atoms with E-state index in [1.807, 2.05) is 0 Å². The van der Waals surface area contributed by atoms with E-state index in [2.05, 4.69) is 32.7 Å². The highest BCUT2D eigenvalue weighted by molar-refractivity contribution is 7.19. The monoisotopic (exact) mass is 409 g/mol. The van der Waals surface area contributed by atoms with E-state index in [1.165, 1.54) is 37.0 Å². The lowest BCUT2D eigenvalue weighted by Crippen LogP contribution is -2.37. The maximum absolute atomic E-state index is 12.3. The summed E-state index contributed by atoms with van der Waals surface area (Å²) in [7, 11) is 1.27. The normalized spacial score (nSPS) is 16.7. The summed E-state index contributed by atoms with van der Waals surface area (Å²) in [5, 5.41) is 15.0. The molecule has 1 saturated heterocycles. The van der Waals surface area contributed by atoms with Crippen molar-refractivity contribution >= 4 is 50.9 Å². The largest absolute Gasteiger partial charge is 0.465 e. The van der Waals surface area contributed by atoms with Crippen LogP contribution in [0.3, 0.4) is 0 Å². The average Bonchev–Trinajstić information content (AvgIpc) is 3.09. The van der Waals surface area contributed by atoms with Gasteiger partial charge in [0.05, 0.1) is 18.4 Å². The molecular weight excluding hydrogens is 390 g/mol. The molecule has 144 valence electrons. The number of ether oxygens (including phenoxy) is 1. The van der Waals surface area contributed by atoms with Gasteiger partial charge in [-0.2, -0.15) is 0 Å². The molecule has 0 spiro atoms. The lowest BCUT2D eigenvalue weighted by Gasteiger charge is -2.32. The van der Waals surface area contributed by atoms with Crippen LogP contribution in [-0.4, -0.2) is 41.9 Å². The molecule has 1 aromatic heterocycles. The number of amides is 2. The van der Waals surface area contributed by atoms with Gasteiger partial charge in [0.15, 0.2) is 0 Å². The van der Waals surface area contributed by atoms with E-state index in [9.17, 15) is 9.59 Å². The molecule has 2 heterocycles. The number of methoxy groups -OCH3 is 1. The fourth-order valence-corrected chi connectivity index (χ4v) is 3.96. The van der Waals surface area contributed by atoms with Crippen molar-refractivity contribution in [3.8, 4) is 0 Å². The number of urea groups is 1. The van der Waals surface area contributed by atoms with Crippen molar-refractivity contribution in [1.29, 1.82) is 0 Å². The van der Waals surface area contributed by atoms with E-state index in [4.69, 9.17) is 16.3 Å². The second-order valence-electron chi connectivity index (χ2n) is 6.19. The molecule has 2 N–H and O–H groups in total. The third-order valence-corrected chi connectivity index (χ3v) is 5.43. The predicted octanol–water partition coefficient (Wildman–Crippen LogP) is 4.00. The molecule has 27 heavy (non-hydrogen) atoms. The van der Waals surface area contributed by atoms with Crippen LogP contribution in [0.15, 0.2) is 18.2 Å². The zero-order valence-electron chi connectivity index (χ0n) is 15.0. The van der Waals surface area contributed by atoms with Crippen molar-refractivity contribution in [3.63, 3.8) is 0 Å². The summed E-state index contributed by atoms with van der Waals surface area (Å²) >= 11 is 7.28. The van der Waals surface area contributed by atoms with Gasteiger partial charge in [-0.25, -0.2) is 9.59 Å². The molecule has 1 aromatic carbocycles. The molecule has 2 amide bonds. The standard InChI is InChI=1S/C17H20ClN5O3S/c1-10-5-3-4-8-23(10)17-22-21-16(27-17)20-15(25)19-13-9-11(18)6-7-12(13)14(24)26-2/h6-7,9-10H,3-5,8H2,1-2H3,(H2,19,20,21,25). The lowest BCUT2D eigenvalue weighted by atomic mass is 10.1. The third-order valence-electron chi connectivity index (χ3n) is 4.32. The van der Waals surface area contributed by atoms with Crippen LogP contribution in [0, 0.1) is 0 Å². The minimum atomic E-state index is -0.570. The number of piperidine rings is 1. The number of hydrogen-bond acceptors (Lipinski definition) is 7. The highest BCUT2D eigenvalue weighted by Gasteiger charge is 2.22. The van der Waals surface area contributed by atoms with Crippen LogP contribution >= 0.6 is 22.9 Å². The van der Waals surface area contributed by atoms with Crippen molar-refractivity contribution in [2.45, 2.75) is 32.2 Å². The molecule has 3 rings (SSSR count). The number of aromatic nitrogens is 2. The molecular formula is C17H20ClN5O3S. The number of carbonyl (C=O) groups excluding carboxylic acids is 2. The Morgan fingerprint density at radius 3 is 2.85 bits per heavy atom. The summed E-state index contributed by atoms with van der Waals surface area (Å²) in [6, 6.07) is 4.38. The molecule has 1 aliphatic rings. The van der Waals surface area contributed by atoms with Crippen LogP contribution in [-0.2, 0) is 4.74 Å². The second kappa shape index (κ2) is 8.53. The number of halogens is 1. The van der Waals surface area contributed by atoms with Crippen molar-refractivity contribution in [1.82, 2.24) is 10.2 Å². The van der Waals surface area contributed by atoms with Crippen molar-refractivity contribution in [3.05, 3.63) is 28.8 Å². The van der Waals surface area contributed by atoms with Crippen molar-refractivity contribution in [2.24, 2.45) is 0 Å². The Morgan fingerprint density at radius 1 is 1.30 bits per heavy atom. The van der Waals surface area contributed by atoms with Gasteiger partial charge in [0.25, 0.3) is 0 Å². The molecule has 8 nitrogen and oxygen atoms in total. The number of carbonyl (C=O) groups is 2. The quantitative estimate of drug-likeness (QED) is 0.741. The second-order valence-corrected chi connectivity index (χ2v) is 7.58. The number of nitrogens with one attached hydrogen (secondary N) is 2. The maximum atomic E-state index is 12.3. The molecule has 0 radical (unpaired) electrons.